The summed E-state index contributed by atoms with van der Waals surface area (Å²) in [6.07, 6.45) is 0. The first-order valence-corrected chi connectivity index (χ1v) is 5.68. The zero-order chi connectivity index (χ0) is 12.8. The van der Waals surface area contributed by atoms with E-state index in [0.717, 1.165) is 23.4 Å². The van der Waals surface area contributed by atoms with Crippen molar-refractivity contribution in [3.8, 4) is 5.75 Å². The lowest BCUT2D eigenvalue weighted by Gasteiger charge is -2.27. The quantitative estimate of drug-likeness (QED) is 0.768. The summed E-state index contributed by atoms with van der Waals surface area (Å²) in [5.74, 6) is 0.827. The normalized spacial score (nSPS) is 12.5. The van der Waals surface area contributed by atoms with E-state index in [0.29, 0.717) is 0 Å². The lowest BCUT2D eigenvalue weighted by Crippen LogP contribution is -2.28. The van der Waals surface area contributed by atoms with Crippen LogP contribution in [0.4, 0.5) is 0 Å². The third-order valence-corrected chi connectivity index (χ3v) is 2.72. The van der Waals surface area contributed by atoms with Crippen molar-refractivity contribution in [2.24, 2.45) is 0 Å². The molecule has 0 bridgehead atoms. The van der Waals surface area contributed by atoms with Gasteiger partial charge in [-0.1, -0.05) is 24.3 Å². The van der Waals surface area contributed by atoms with E-state index in [-0.39, 0.29) is 12.6 Å². The second-order valence-corrected chi connectivity index (χ2v) is 4.34. The highest BCUT2D eigenvalue weighted by Gasteiger charge is 2.15. The van der Waals surface area contributed by atoms with Crippen LogP contribution < -0.4 is 4.74 Å². The van der Waals surface area contributed by atoms with E-state index in [4.69, 9.17) is 4.74 Å². The van der Waals surface area contributed by atoms with Gasteiger partial charge in [-0.05, 0) is 31.7 Å². The molecule has 1 aromatic rings. The number of likely N-dealkylation sites (N-methyl/N-ethyl adjacent to an activating group) is 1. The van der Waals surface area contributed by atoms with Gasteiger partial charge in [0.2, 0.25) is 0 Å². The van der Waals surface area contributed by atoms with Crippen molar-refractivity contribution < 1.29 is 9.84 Å². The maximum Gasteiger partial charge on any atom is 0.118 e. The van der Waals surface area contributed by atoms with Crippen LogP contribution in [-0.4, -0.2) is 37.3 Å². The molecule has 1 N–H and O–H groups in total. The van der Waals surface area contributed by atoms with Crippen LogP contribution in [0, 0.1) is 0 Å². The van der Waals surface area contributed by atoms with Crippen molar-refractivity contribution in [3.63, 3.8) is 0 Å². The number of benzene rings is 1. The van der Waals surface area contributed by atoms with Gasteiger partial charge < -0.3 is 9.84 Å². The zero-order valence-corrected chi connectivity index (χ0v) is 10.8. The zero-order valence-electron chi connectivity index (χ0n) is 10.8. The molecular formula is C14H21NO2. The average molecular weight is 235 g/mol. The van der Waals surface area contributed by atoms with Crippen LogP contribution in [0.25, 0.3) is 0 Å². The molecule has 0 heterocycles. The Hall–Kier alpha value is -1.32. The lowest BCUT2D eigenvalue weighted by molar-refractivity contribution is 0.156. The summed E-state index contributed by atoms with van der Waals surface area (Å²) >= 11 is 0. The van der Waals surface area contributed by atoms with Crippen LogP contribution in [0.2, 0.25) is 0 Å². The van der Waals surface area contributed by atoms with Crippen molar-refractivity contribution in [1.82, 2.24) is 4.90 Å². The van der Waals surface area contributed by atoms with Crippen LogP contribution in [0.15, 0.2) is 36.4 Å². The number of rotatable bonds is 6. The molecule has 94 valence electrons. The van der Waals surface area contributed by atoms with Crippen molar-refractivity contribution in [1.29, 1.82) is 0 Å². The van der Waals surface area contributed by atoms with Gasteiger partial charge in [0, 0.05) is 6.54 Å². The average Bonchev–Trinajstić information content (AvgIpc) is 2.30. The third kappa shape index (κ3) is 3.88. The van der Waals surface area contributed by atoms with E-state index in [2.05, 4.69) is 11.5 Å². The Bertz CT molecular complexity index is 359. The van der Waals surface area contributed by atoms with Crippen molar-refractivity contribution in [2.75, 3.05) is 27.3 Å². The van der Waals surface area contributed by atoms with Gasteiger partial charge >= 0.3 is 0 Å². The van der Waals surface area contributed by atoms with Crippen LogP contribution in [0.5, 0.6) is 5.75 Å². The maximum atomic E-state index is 9.49. The van der Waals surface area contributed by atoms with Crippen molar-refractivity contribution >= 4 is 0 Å². The number of ether oxygens (including phenoxy) is 1. The molecule has 0 spiro atoms. The van der Waals surface area contributed by atoms with Gasteiger partial charge in [0.05, 0.1) is 19.8 Å². The van der Waals surface area contributed by atoms with Gasteiger partial charge in [-0.2, -0.15) is 0 Å². The predicted octanol–water partition coefficient (Wildman–Crippen LogP) is 2.24. The van der Waals surface area contributed by atoms with E-state index in [1.807, 2.05) is 38.2 Å². The highest BCUT2D eigenvalue weighted by Crippen LogP contribution is 2.22. The van der Waals surface area contributed by atoms with Crippen LogP contribution in [0.1, 0.15) is 18.5 Å². The second-order valence-electron chi connectivity index (χ2n) is 4.34. The first-order chi connectivity index (χ1) is 8.08. The summed E-state index contributed by atoms with van der Waals surface area (Å²) in [5.41, 5.74) is 2.16. The summed E-state index contributed by atoms with van der Waals surface area (Å²) in [6.45, 7) is 6.74. The van der Waals surface area contributed by atoms with Crippen molar-refractivity contribution in [3.05, 3.63) is 42.0 Å². The van der Waals surface area contributed by atoms with Crippen molar-refractivity contribution in [2.45, 2.75) is 13.0 Å². The Morgan fingerprint density at radius 2 is 2.00 bits per heavy atom. The van der Waals surface area contributed by atoms with Gasteiger partial charge in [-0.15, -0.1) is 0 Å². The summed E-state index contributed by atoms with van der Waals surface area (Å²) in [6, 6.07) is 7.78. The molecule has 17 heavy (non-hydrogen) atoms. The minimum absolute atomic E-state index is 0.00222. The fraction of sp³-hybridized carbons (Fsp3) is 0.429. The molecule has 0 amide bonds. The number of aliphatic hydroxyl groups excluding tert-OH is 1. The highest BCUT2D eigenvalue weighted by molar-refractivity contribution is 5.29. The number of aliphatic hydroxyl groups is 1. The van der Waals surface area contributed by atoms with E-state index in [1.54, 1.807) is 7.11 Å². The summed E-state index contributed by atoms with van der Waals surface area (Å²) in [7, 11) is 3.63. The second kappa shape index (κ2) is 6.42. The van der Waals surface area contributed by atoms with Crippen LogP contribution in [-0.2, 0) is 0 Å². The Labute approximate surface area is 103 Å². The first kappa shape index (κ1) is 13.7. The fourth-order valence-corrected chi connectivity index (χ4v) is 1.86. The maximum absolute atomic E-state index is 9.49. The first-order valence-electron chi connectivity index (χ1n) is 5.68. The third-order valence-electron chi connectivity index (χ3n) is 2.72. The SMILES string of the molecule is C=C(C)CN(C)[C@H](CO)c1ccc(OC)cc1. The molecule has 0 radical (unpaired) electrons. The summed E-state index contributed by atoms with van der Waals surface area (Å²) in [5, 5.41) is 9.49. The highest BCUT2D eigenvalue weighted by atomic mass is 16.5. The standard InChI is InChI=1S/C14H21NO2/c1-11(2)9-15(3)14(10-16)12-5-7-13(17-4)8-6-12/h5-8,14,16H,1,9-10H2,2-4H3/t14-/m1/s1. The molecule has 0 aliphatic rings. The lowest BCUT2D eigenvalue weighted by atomic mass is 10.1. The molecule has 0 aromatic heterocycles. The van der Waals surface area contributed by atoms with E-state index >= 15 is 0 Å². The molecule has 1 atom stereocenters. The van der Waals surface area contributed by atoms with Gasteiger partial charge in [-0.3, -0.25) is 4.90 Å². The molecular weight excluding hydrogens is 214 g/mol. The largest absolute Gasteiger partial charge is 0.497 e. The Morgan fingerprint density at radius 1 is 1.41 bits per heavy atom. The Morgan fingerprint density at radius 3 is 2.41 bits per heavy atom. The van der Waals surface area contributed by atoms with E-state index < -0.39 is 0 Å². The van der Waals surface area contributed by atoms with Gasteiger partial charge in [0.15, 0.2) is 0 Å². The topological polar surface area (TPSA) is 32.7 Å². The molecule has 0 aliphatic carbocycles. The summed E-state index contributed by atoms with van der Waals surface area (Å²) in [4.78, 5) is 2.09. The molecule has 1 rings (SSSR count). The van der Waals surface area contributed by atoms with Gasteiger partial charge in [-0.25, -0.2) is 0 Å². The monoisotopic (exact) mass is 235 g/mol. The number of nitrogens with zero attached hydrogens (tertiary/aromatic N) is 1. The number of methoxy groups -OCH3 is 1. The molecule has 3 heteroatoms. The van der Waals surface area contributed by atoms with Gasteiger partial charge in [0.1, 0.15) is 5.75 Å². The minimum Gasteiger partial charge on any atom is -0.497 e. The molecule has 0 unspecified atom stereocenters. The molecule has 3 nitrogen and oxygen atoms in total. The number of hydrogen-bond donors (Lipinski definition) is 1. The van der Waals surface area contributed by atoms with E-state index in [1.165, 1.54) is 0 Å². The van der Waals surface area contributed by atoms with E-state index in [9.17, 15) is 5.11 Å². The van der Waals surface area contributed by atoms with Gasteiger partial charge in [0.25, 0.3) is 0 Å². The smallest absolute Gasteiger partial charge is 0.118 e. The predicted molar refractivity (Wildman–Crippen MR) is 70.3 cm³/mol. The Kier molecular flexibility index (Phi) is 5.19. The minimum atomic E-state index is -0.00222. The number of hydrogen-bond acceptors (Lipinski definition) is 3. The molecule has 0 aliphatic heterocycles. The Balaban J connectivity index is 2.81. The molecule has 0 saturated carbocycles. The molecule has 1 aromatic carbocycles. The summed E-state index contributed by atoms with van der Waals surface area (Å²) < 4.78 is 5.12. The molecule has 0 fully saturated rings. The fourth-order valence-electron chi connectivity index (χ4n) is 1.86. The van der Waals surface area contributed by atoms with Crippen LogP contribution >= 0.6 is 0 Å². The molecule has 0 saturated heterocycles. The van der Waals surface area contributed by atoms with Crippen LogP contribution in [0.3, 0.4) is 0 Å².